The van der Waals surface area contributed by atoms with E-state index in [1.165, 1.54) is 0 Å². The highest BCUT2D eigenvalue weighted by molar-refractivity contribution is 8.03. The number of hydrogen-bond acceptors (Lipinski definition) is 3. The quantitative estimate of drug-likeness (QED) is 0.774. The van der Waals surface area contributed by atoms with Crippen molar-refractivity contribution in [3.05, 3.63) is 35.9 Å². The lowest BCUT2D eigenvalue weighted by Gasteiger charge is -2.35. The van der Waals surface area contributed by atoms with E-state index in [0.29, 0.717) is 0 Å². The van der Waals surface area contributed by atoms with E-state index in [2.05, 4.69) is 36.4 Å². The Kier molecular flexibility index (Phi) is 2.65. The lowest BCUT2D eigenvalue weighted by molar-refractivity contribution is 0.635. The molecule has 1 aromatic rings. The summed E-state index contributed by atoms with van der Waals surface area (Å²) >= 11 is 1.85. The summed E-state index contributed by atoms with van der Waals surface area (Å²) in [5, 5.41) is 2.13. The van der Waals surface area contributed by atoms with E-state index in [1.54, 1.807) is 0 Å². The molecule has 0 saturated heterocycles. The zero-order valence-corrected chi connectivity index (χ0v) is 9.92. The number of nitrogens with two attached hydrogens (primary N) is 1. The number of hydrogen-bond donors (Lipinski definition) is 1. The van der Waals surface area contributed by atoms with Gasteiger partial charge in [0.1, 0.15) is 0 Å². The summed E-state index contributed by atoms with van der Waals surface area (Å²) in [6.07, 6.45) is 3.19. The van der Waals surface area contributed by atoms with Crippen molar-refractivity contribution in [3.8, 4) is 0 Å². The van der Waals surface area contributed by atoms with Crippen molar-refractivity contribution in [1.29, 1.82) is 0 Å². The molecule has 2 N–H and O–H groups in total. The maximum Gasteiger partial charge on any atom is 0.0914 e. The first-order chi connectivity index (χ1) is 7.17. The second-order valence-electron chi connectivity index (χ2n) is 3.86. The van der Waals surface area contributed by atoms with Crippen molar-refractivity contribution >= 4 is 23.1 Å². The fourth-order valence-electron chi connectivity index (χ4n) is 1.75. The lowest BCUT2D eigenvalue weighted by atomic mass is 10.1. The lowest BCUT2D eigenvalue weighted by Crippen LogP contribution is -2.36. The van der Waals surface area contributed by atoms with Crippen molar-refractivity contribution in [2.24, 2.45) is 0 Å². The average Bonchev–Trinajstić information content (AvgIpc) is 2.62. The van der Waals surface area contributed by atoms with E-state index >= 15 is 0 Å². The number of para-hydroxylation sites is 2. The third kappa shape index (κ3) is 1.72. The third-order valence-corrected chi connectivity index (χ3v) is 4.14. The second-order valence-corrected chi connectivity index (χ2v) is 5.25. The van der Waals surface area contributed by atoms with Crippen molar-refractivity contribution < 1.29 is 0 Å². The smallest absolute Gasteiger partial charge is 0.0914 e. The van der Waals surface area contributed by atoms with E-state index < -0.39 is 0 Å². The molecule has 0 aliphatic carbocycles. The van der Waals surface area contributed by atoms with E-state index in [9.17, 15) is 0 Å². The summed E-state index contributed by atoms with van der Waals surface area (Å²) in [7, 11) is 0. The molecule has 15 heavy (non-hydrogen) atoms. The molecule has 0 fully saturated rings. The van der Waals surface area contributed by atoms with Crippen LogP contribution in [0.15, 0.2) is 35.9 Å². The van der Waals surface area contributed by atoms with Gasteiger partial charge in [-0.15, -0.1) is 11.8 Å². The minimum absolute atomic E-state index is 0.107. The average molecular weight is 220 g/mol. The van der Waals surface area contributed by atoms with Crippen LogP contribution >= 0.6 is 11.8 Å². The molecule has 0 spiro atoms. The molecule has 1 heterocycles. The highest BCUT2D eigenvalue weighted by Gasteiger charge is 2.33. The molecule has 0 radical (unpaired) electrons. The standard InChI is InChI=1S/C12H16N2S/c1-3-12(2)14(8-9-15-12)11-7-5-4-6-10(11)13/h4-9H,3,13H2,1-2H3. The Morgan fingerprint density at radius 3 is 2.80 bits per heavy atom. The molecule has 0 aromatic heterocycles. The first-order valence-electron chi connectivity index (χ1n) is 5.16. The van der Waals surface area contributed by atoms with Crippen LogP contribution in [0.5, 0.6) is 0 Å². The Morgan fingerprint density at radius 1 is 1.40 bits per heavy atom. The van der Waals surface area contributed by atoms with Gasteiger partial charge in [-0.3, -0.25) is 0 Å². The number of rotatable bonds is 2. The Morgan fingerprint density at radius 2 is 2.13 bits per heavy atom. The largest absolute Gasteiger partial charge is 0.397 e. The molecule has 2 rings (SSSR count). The van der Waals surface area contributed by atoms with E-state index in [-0.39, 0.29) is 4.87 Å². The van der Waals surface area contributed by atoms with Crippen LogP contribution < -0.4 is 10.6 Å². The molecule has 3 heteroatoms. The predicted octanol–water partition coefficient (Wildman–Crippen LogP) is 3.42. The van der Waals surface area contributed by atoms with Crippen LogP contribution in [0, 0.1) is 0 Å². The molecule has 1 aliphatic heterocycles. The van der Waals surface area contributed by atoms with Crippen LogP contribution in [0.4, 0.5) is 11.4 Å². The van der Waals surface area contributed by atoms with Gasteiger partial charge >= 0.3 is 0 Å². The fourth-order valence-corrected chi connectivity index (χ4v) is 2.66. The van der Waals surface area contributed by atoms with E-state index in [1.807, 2.05) is 30.0 Å². The molecule has 1 atom stereocenters. The number of nitrogen functional groups attached to an aromatic ring is 1. The molecule has 1 aliphatic rings. The third-order valence-electron chi connectivity index (χ3n) is 2.89. The number of nitrogens with zero attached hydrogens (tertiary/aromatic N) is 1. The summed E-state index contributed by atoms with van der Waals surface area (Å²) in [4.78, 5) is 2.36. The van der Waals surface area contributed by atoms with Crippen LogP contribution in [0.25, 0.3) is 0 Å². The highest BCUT2D eigenvalue weighted by atomic mass is 32.2. The first kappa shape index (κ1) is 10.4. The molecule has 2 nitrogen and oxygen atoms in total. The van der Waals surface area contributed by atoms with Gasteiger partial charge in [0.05, 0.1) is 16.2 Å². The fraction of sp³-hybridized carbons (Fsp3) is 0.333. The number of anilines is 2. The van der Waals surface area contributed by atoms with Crippen molar-refractivity contribution in [1.82, 2.24) is 0 Å². The second kappa shape index (κ2) is 3.81. The van der Waals surface area contributed by atoms with Crippen molar-refractivity contribution in [2.45, 2.75) is 25.1 Å². The molecule has 1 aromatic carbocycles. The molecule has 0 amide bonds. The monoisotopic (exact) mass is 220 g/mol. The summed E-state index contributed by atoms with van der Waals surface area (Å²) in [5.74, 6) is 0. The summed E-state index contributed by atoms with van der Waals surface area (Å²) in [6, 6.07) is 8.01. The van der Waals surface area contributed by atoms with Gasteiger partial charge in [0.25, 0.3) is 0 Å². The molecule has 0 bridgehead atoms. The van der Waals surface area contributed by atoms with Gasteiger partial charge in [-0.1, -0.05) is 19.1 Å². The Hall–Kier alpha value is -1.09. The molecule has 0 saturated carbocycles. The van der Waals surface area contributed by atoms with Crippen molar-refractivity contribution in [3.63, 3.8) is 0 Å². The van der Waals surface area contributed by atoms with Crippen LogP contribution in [-0.4, -0.2) is 4.87 Å². The number of thioether (sulfide) groups is 1. The van der Waals surface area contributed by atoms with Gasteiger partial charge in [0, 0.05) is 6.20 Å². The normalized spacial score (nSPS) is 24.8. The minimum atomic E-state index is 0.107. The van der Waals surface area contributed by atoms with Crippen molar-refractivity contribution in [2.75, 3.05) is 10.6 Å². The summed E-state index contributed by atoms with van der Waals surface area (Å²) in [6.45, 7) is 4.44. The van der Waals surface area contributed by atoms with Gasteiger partial charge in [0.2, 0.25) is 0 Å². The Balaban J connectivity index is 2.39. The van der Waals surface area contributed by atoms with Gasteiger partial charge in [-0.2, -0.15) is 0 Å². The van der Waals surface area contributed by atoms with Gasteiger partial charge in [-0.25, -0.2) is 0 Å². The Labute approximate surface area is 95.1 Å². The maximum atomic E-state index is 5.99. The zero-order valence-electron chi connectivity index (χ0n) is 9.10. The van der Waals surface area contributed by atoms with E-state index in [0.717, 1.165) is 17.8 Å². The predicted molar refractivity (Wildman–Crippen MR) is 68.8 cm³/mol. The number of benzene rings is 1. The summed E-state index contributed by atoms with van der Waals surface area (Å²) in [5.41, 5.74) is 7.93. The summed E-state index contributed by atoms with van der Waals surface area (Å²) < 4.78 is 0. The van der Waals surface area contributed by atoms with Gasteiger partial charge in [0.15, 0.2) is 0 Å². The van der Waals surface area contributed by atoms with Gasteiger partial charge in [-0.05, 0) is 30.9 Å². The van der Waals surface area contributed by atoms with Crippen LogP contribution in [0.1, 0.15) is 20.3 Å². The van der Waals surface area contributed by atoms with E-state index in [4.69, 9.17) is 5.73 Å². The van der Waals surface area contributed by atoms with Crippen LogP contribution in [-0.2, 0) is 0 Å². The minimum Gasteiger partial charge on any atom is -0.397 e. The SMILES string of the molecule is CCC1(C)SC=CN1c1ccccc1N. The molecular weight excluding hydrogens is 204 g/mol. The topological polar surface area (TPSA) is 29.3 Å². The van der Waals surface area contributed by atoms with Gasteiger partial charge < -0.3 is 10.6 Å². The Bertz CT molecular complexity index is 389. The van der Waals surface area contributed by atoms with Crippen LogP contribution in [0.3, 0.4) is 0 Å². The molecule has 1 unspecified atom stereocenters. The van der Waals surface area contributed by atoms with Crippen LogP contribution in [0.2, 0.25) is 0 Å². The maximum absolute atomic E-state index is 5.99. The highest BCUT2D eigenvalue weighted by Crippen LogP contribution is 2.43. The molecule has 80 valence electrons. The first-order valence-corrected chi connectivity index (χ1v) is 6.03. The molecular formula is C12H16N2S. The zero-order chi connectivity index (χ0) is 10.9.